The standard InChI is InChI=1S/C8H17ClI/c1-2-3-4-5-6-7-8-10-9/h2-8H2,1H3/q-1. The van der Waals surface area contributed by atoms with Gasteiger partial charge in [-0.2, -0.15) is 0 Å². The second-order valence-electron chi connectivity index (χ2n) is 2.56. The molecule has 0 bridgehead atoms. The molecule has 0 saturated heterocycles. The van der Waals surface area contributed by atoms with E-state index >= 15 is 0 Å². The predicted octanol–water partition coefficient (Wildman–Crippen LogP) is 0.590. The third-order valence-electron chi connectivity index (χ3n) is 1.56. The zero-order valence-electron chi connectivity index (χ0n) is 6.71. The molecular weight excluding hydrogens is 258 g/mol. The van der Waals surface area contributed by atoms with Gasteiger partial charge in [-0.05, 0) is 0 Å². The first-order valence-corrected chi connectivity index (χ1v) is 8.37. The van der Waals surface area contributed by atoms with Gasteiger partial charge in [-0.15, -0.1) is 0 Å². The van der Waals surface area contributed by atoms with Gasteiger partial charge in [-0.1, -0.05) is 0 Å². The van der Waals surface area contributed by atoms with Gasteiger partial charge >= 0.3 is 78.9 Å². The molecule has 0 aromatic carbocycles. The van der Waals surface area contributed by atoms with E-state index in [0.29, 0.717) is 0 Å². The molecule has 2 heteroatoms. The molecule has 0 amide bonds. The maximum absolute atomic E-state index is 5.65. The van der Waals surface area contributed by atoms with Crippen molar-refractivity contribution in [2.75, 3.05) is 4.43 Å². The van der Waals surface area contributed by atoms with E-state index in [0.717, 1.165) is 0 Å². The van der Waals surface area contributed by atoms with Crippen LogP contribution in [0.3, 0.4) is 0 Å². The summed E-state index contributed by atoms with van der Waals surface area (Å²) in [6, 6.07) is 0. The van der Waals surface area contributed by atoms with Gasteiger partial charge in [0.25, 0.3) is 0 Å². The van der Waals surface area contributed by atoms with E-state index in [1.807, 2.05) is 0 Å². The zero-order valence-corrected chi connectivity index (χ0v) is 9.62. The van der Waals surface area contributed by atoms with Gasteiger partial charge in [0.1, 0.15) is 0 Å². The van der Waals surface area contributed by atoms with Crippen LogP contribution in [0.15, 0.2) is 0 Å². The van der Waals surface area contributed by atoms with Crippen LogP contribution >= 0.6 is 8.91 Å². The van der Waals surface area contributed by atoms with Gasteiger partial charge in [-0.25, -0.2) is 0 Å². The summed E-state index contributed by atoms with van der Waals surface area (Å²) < 4.78 is 1.31. The maximum atomic E-state index is 5.65. The molecule has 0 atom stereocenters. The Morgan fingerprint density at radius 2 is 1.60 bits per heavy atom. The molecule has 0 rings (SSSR count). The molecule has 0 fully saturated rings. The minimum absolute atomic E-state index is 0.0536. The fraction of sp³-hybridized carbons (Fsp3) is 1.00. The van der Waals surface area contributed by atoms with Crippen LogP contribution in [0.2, 0.25) is 0 Å². The molecule has 0 aromatic rings. The number of hydrogen-bond acceptors (Lipinski definition) is 0. The summed E-state index contributed by atoms with van der Waals surface area (Å²) >= 11 is 0.0536. The Kier molecular flexibility index (Phi) is 11.0. The van der Waals surface area contributed by atoms with Gasteiger partial charge in [0.15, 0.2) is 0 Å². The fourth-order valence-corrected chi connectivity index (χ4v) is 2.43. The monoisotopic (exact) mass is 275 g/mol. The number of rotatable bonds is 7. The van der Waals surface area contributed by atoms with Crippen molar-refractivity contribution in [1.82, 2.24) is 0 Å². The summed E-state index contributed by atoms with van der Waals surface area (Å²) in [7, 11) is 5.65. The average molecular weight is 276 g/mol. The molecule has 64 valence electrons. The van der Waals surface area contributed by atoms with E-state index in [1.165, 1.54) is 43.0 Å². The van der Waals surface area contributed by atoms with Crippen LogP contribution in [0, 0.1) is 0 Å². The van der Waals surface area contributed by atoms with E-state index in [1.54, 1.807) is 0 Å². The van der Waals surface area contributed by atoms with Gasteiger partial charge in [0.05, 0.1) is 0 Å². The topological polar surface area (TPSA) is 0 Å². The molecule has 0 aliphatic rings. The van der Waals surface area contributed by atoms with E-state index in [-0.39, 0.29) is 20.1 Å². The van der Waals surface area contributed by atoms with Crippen molar-refractivity contribution in [2.45, 2.75) is 45.4 Å². The summed E-state index contributed by atoms with van der Waals surface area (Å²) in [5.74, 6) is 0. The average Bonchev–Trinajstić information content (AvgIpc) is 1.97. The molecule has 0 aliphatic heterocycles. The number of unbranched alkanes of at least 4 members (excludes halogenated alkanes) is 5. The van der Waals surface area contributed by atoms with Crippen LogP contribution in [0.25, 0.3) is 0 Å². The summed E-state index contributed by atoms with van der Waals surface area (Å²) in [6.07, 6.45) is 8.40. The van der Waals surface area contributed by atoms with E-state index in [4.69, 9.17) is 8.91 Å². The molecule has 0 radical (unpaired) electrons. The molecule has 0 heterocycles. The molecule has 0 nitrogen and oxygen atoms in total. The third kappa shape index (κ3) is 9.02. The van der Waals surface area contributed by atoms with Crippen LogP contribution in [0.1, 0.15) is 45.4 Å². The first-order valence-electron chi connectivity index (χ1n) is 4.12. The second-order valence-corrected chi connectivity index (χ2v) is 5.57. The van der Waals surface area contributed by atoms with Crippen molar-refractivity contribution in [1.29, 1.82) is 0 Å². The van der Waals surface area contributed by atoms with Crippen molar-refractivity contribution in [2.24, 2.45) is 0 Å². The molecule has 0 aliphatic carbocycles. The SMILES string of the molecule is CCCCCCCC[I-]Cl. The van der Waals surface area contributed by atoms with Crippen molar-refractivity contribution in [3.8, 4) is 0 Å². The predicted molar refractivity (Wildman–Crippen MR) is 44.1 cm³/mol. The van der Waals surface area contributed by atoms with Gasteiger partial charge in [0.2, 0.25) is 0 Å². The van der Waals surface area contributed by atoms with Crippen molar-refractivity contribution in [3.05, 3.63) is 0 Å². The van der Waals surface area contributed by atoms with E-state index in [9.17, 15) is 0 Å². The number of alkyl halides is 1. The molecular formula is C8H17ClI-. The van der Waals surface area contributed by atoms with Crippen LogP contribution in [0.4, 0.5) is 0 Å². The van der Waals surface area contributed by atoms with Crippen molar-refractivity contribution >= 4 is 8.91 Å². The van der Waals surface area contributed by atoms with Crippen LogP contribution in [-0.2, 0) is 0 Å². The fourth-order valence-electron chi connectivity index (χ4n) is 0.925. The van der Waals surface area contributed by atoms with Crippen LogP contribution < -0.4 is 20.1 Å². The quantitative estimate of drug-likeness (QED) is 0.362. The molecule has 0 spiro atoms. The van der Waals surface area contributed by atoms with Crippen molar-refractivity contribution < 1.29 is 20.1 Å². The normalized spacial score (nSPS) is 10.6. The second kappa shape index (κ2) is 10.0. The zero-order chi connectivity index (χ0) is 7.66. The first kappa shape index (κ1) is 11.0. The molecule has 0 unspecified atom stereocenters. The Bertz CT molecular complexity index is 49.2. The molecule has 0 N–H and O–H groups in total. The summed E-state index contributed by atoms with van der Waals surface area (Å²) in [4.78, 5) is 0. The summed E-state index contributed by atoms with van der Waals surface area (Å²) in [6.45, 7) is 2.25. The van der Waals surface area contributed by atoms with Crippen LogP contribution in [0.5, 0.6) is 0 Å². The van der Waals surface area contributed by atoms with E-state index in [2.05, 4.69) is 6.92 Å². The Labute approximate surface area is 78.7 Å². The number of halogens is 2. The molecule has 10 heavy (non-hydrogen) atoms. The minimum atomic E-state index is 0.0536. The Morgan fingerprint density at radius 3 is 2.20 bits per heavy atom. The van der Waals surface area contributed by atoms with Gasteiger partial charge in [-0.3, -0.25) is 0 Å². The summed E-state index contributed by atoms with van der Waals surface area (Å²) in [5.41, 5.74) is 0. The van der Waals surface area contributed by atoms with Crippen LogP contribution in [-0.4, -0.2) is 4.43 Å². The Hall–Kier alpha value is 1.02. The van der Waals surface area contributed by atoms with Crippen molar-refractivity contribution in [3.63, 3.8) is 0 Å². The van der Waals surface area contributed by atoms with E-state index < -0.39 is 0 Å². The number of hydrogen-bond donors (Lipinski definition) is 0. The first-order chi connectivity index (χ1) is 4.91. The summed E-state index contributed by atoms with van der Waals surface area (Å²) in [5, 5.41) is 0. The van der Waals surface area contributed by atoms with Gasteiger partial charge < -0.3 is 0 Å². The molecule has 0 aromatic heterocycles. The third-order valence-corrected chi connectivity index (χ3v) is 3.69. The van der Waals surface area contributed by atoms with Gasteiger partial charge in [0, 0.05) is 0 Å². The Morgan fingerprint density at radius 1 is 1.00 bits per heavy atom. The molecule has 0 saturated carbocycles. The Balaban J connectivity index is 2.65.